The van der Waals surface area contributed by atoms with Crippen molar-refractivity contribution in [2.24, 2.45) is 0 Å². The molecule has 0 aliphatic heterocycles. The van der Waals surface area contributed by atoms with Crippen LogP contribution in [0.2, 0.25) is 0 Å². The van der Waals surface area contributed by atoms with Crippen LogP contribution in [0.3, 0.4) is 0 Å². The number of benzene rings is 4. The van der Waals surface area contributed by atoms with Crippen LogP contribution in [0, 0.1) is 0 Å². The number of aromatic nitrogens is 3. The van der Waals surface area contributed by atoms with Gasteiger partial charge in [-0.25, -0.2) is 15.0 Å². The maximum atomic E-state index is 4.74. The predicted octanol–water partition coefficient (Wildman–Crippen LogP) is 6.54. The fourth-order valence-corrected chi connectivity index (χ4v) is 3.56. The van der Waals surface area contributed by atoms with E-state index >= 15 is 0 Å². The molecule has 0 unspecified atom stereocenters. The van der Waals surface area contributed by atoms with Crippen LogP contribution >= 0.6 is 0 Å². The summed E-state index contributed by atoms with van der Waals surface area (Å²) in [4.78, 5) is 13.6. The summed E-state index contributed by atoms with van der Waals surface area (Å²) >= 11 is 0. The normalized spacial score (nSPS) is 10.7. The average molecular weight is 385 g/mol. The highest BCUT2D eigenvalue weighted by Gasteiger charge is 2.11. The molecule has 0 bridgehead atoms. The van der Waals surface area contributed by atoms with E-state index in [9.17, 15) is 0 Å². The predicted molar refractivity (Wildman–Crippen MR) is 122 cm³/mol. The fourth-order valence-electron chi connectivity index (χ4n) is 3.56. The van der Waals surface area contributed by atoms with Crippen molar-refractivity contribution in [3.8, 4) is 45.0 Å². The van der Waals surface area contributed by atoms with Crippen LogP contribution in [0.1, 0.15) is 0 Å². The van der Waals surface area contributed by atoms with Crippen LogP contribution < -0.4 is 0 Å². The van der Waals surface area contributed by atoms with Gasteiger partial charge < -0.3 is 0 Å². The average Bonchev–Trinajstić information content (AvgIpc) is 2.85. The summed E-state index contributed by atoms with van der Waals surface area (Å²) in [5, 5.41) is 0. The molecule has 0 fully saturated rings. The van der Waals surface area contributed by atoms with E-state index in [1.807, 2.05) is 48.5 Å². The summed E-state index contributed by atoms with van der Waals surface area (Å²) in [5.41, 5.74) is 6.61. The van der Waals surface area contributed by atoms with Gasteiger partial charge in [-0.3, -0.25) is 0 Å². The molecule has 3 nitrogen and oxygen atoms in total. The number of hydrogen-bond acceptors (Lipinski definition) is 3. The molecule has 0 radical (unpaired) electrons. The smallest absolute Gasteiger partial charge is 0.163 e. The minimum atomic E-state index is 0.673. The lowest BCUT2D eigenvalue weighted by atomic mass is 9.96. The zero-order valence-electron chi connectivity index (χ0n) is 16.3. The monoisotopic (exact) mass is 385 g/mol. The van der Waals surface area contributed by atoms with E-state index in [1.54, 1.807) is 6.33 Å². The molecule has 0 atom stereocenters. The van der Waals surface area contributed by atoms with Crippen LogP contribution in [0.5, 0.6) is 0 Å². The Morgan fingerprint density at radius 3 is 1.57 bits per heavy atom. The first-order valence-corrected chi connectivity index (χ1v) is 9.88. The second kappa shape index (κ2) is 8.10. The second-order valence-corrected chi connectivity index (χ2v) is 6.99. The second-order valence-electron chi connectivity index (χ2n) is 6.99. The fraction of sp³-hybridized carbons (Fsp3) is 0. The first-order chi connectivity index (χ1) is 14.9. The van der Waals surface area contributed by atoms with Crippen molar-refractivity contribution in [1.82, 2.24) is 15.0 Å². The van der Waals surface area contributed by atoms with Crippen molar-refractivity contribution in [2.45, 2.75) is 0 Å². The summed E-state index contributed by atoms with van der Waals surface area (Å²) in [6, 6.07) is 37.2. The van der Waals surface area contributed by atoms with Crippen LogP contribution in [0.15, 0.2) is 116 Å². The molecule has 1 aromatic heterocycles. The Morgan fingerprint density at radius 2 is 0.867 bits per heavy atom. The van der Waals surface area contributed by atoms with Gasteiger partial charge in [-0.05, 0) is 22.3 Å². The number of hydrogen-bond donors (Lipinski definition) is 0. The third-order valence-electron chi connectivity index (χ3n) is 5.07. The van der Waals surface area contributed by atoms with E-state index in [0.29, 0.717) is 11.6 Å². The zero-order chi connectivity index (χ0) is 20.2. The Labute approximate surface area is 175 Å². The molecule has 4 aromatic carbocycles. The van der Waals surface area contributed by atoms with Crippen LogP contribution in [-0.2, 0) is 0 Å². The topological polar surface area (TPSA) is 38.7 Å². The summed E-state index contributed by atoms with van der Waals surface area (Å²) in [6.45, 7) is 0. The van der Waals surface area contributed by atoms with Gasteiger partial charge in [-0.15, -0.1) is 0 Å². The molecule has 0 spiro atoms. The lowest BCUT2D eigenvalue weighted by Gasteiger charge is -2.10. The van der Waals surface area contributed by atoms with Crippen LogP contribution in [-0.4, -0.2) is 15.0 Å². The van der Waals surface area contributed by atoms with Crippen molar-refractivity contribution in [1.29, 1.82) is 0 Å². The molecule has 0 saturated heterocycles. The van der Waals surface area contributed by atoms with Gasteiger partial charge >= 0.3 is 0 Å². The molecular formula is C27H19N3. The van der Waals surface area contributed by atoms with Gasteiger partial charge in [0.2, 0.25) is 0 Å². The summed E-state index contributed by atoms with van der Waals surface area (Å²) in [6.07, 6.45) is 1.58. The van der Waals surface area contributed by atoms with Crippen molar-refractivity contribution < 1.29 is 0 Å². The highest BCUT2D eigenvalue weighted by Crippen LogP contribution is 2.32. The van der Waals surface area contributed by atoms with Crippen LogP contribution in [0.4, 0.5) is 0 Å². The SMILES string of the molecule is c1ccc(-c2ccc(-c3ccccc3-c3ncnc(-c4ccccc4)n3)cc2)cc1. The zero-order valence-corrected chi connectivity index (χ0v) is 16.3. The lowest BCUT2D eigenvalue weighted by molar-refractivity contribution is 1.07. The van der Waals surface area contributed by atoms with Crippen molar-refractivity contribution in [3.63, 3.8) is 0 Å². The Balaban J connectivity index is 1.54. The molecule has 0 saturated carbocycles. The molecule has 5 aromatic rings. The molecule has 30 heavy (non-hydrogen) atoms. The Morgan fingerprint density at radius 1 is 0.367 bits per heavy atom. The number of rotatable bonds is 4. The van der Waals surface area contributed by atoms with Crippen LogP contribution in [0.25, 0.3) is 45.0 Å². The Hall–Kier alpha value is -4.11. The Kier molecular flexibility index (Phi) is 4.84. The van der Waals surface area contributed by atoms with E-state index in [0.717, 1.165) is 22.3 Å². The highest BCUT2D eigenvalue weighted by atomic mass is 15.0. The largest absolute Gasteiger partial charge is 0.217 e. The molecule has 0 aliphatic carbocycles. The first-order valence-electron chi connectivity index (χ1n) is 9.88. The number of nitrogens with zero attached hydrogens (tertiary/aromatic N) is 3. The minimum absolute atomic E-state index is 0.673. The molecule has 5 rings (SSSR count). The molecule has 3 heteroatoms. The third kappa shape index (κ3) is 3.61. The molecule has 0 amide bonds. The maximum absolute atomic E-state index is 4.74. The quantitative estimate of drug-likeness (QED) is 0.352. The van der Waals surface area contributed by atoms with Gasteiger partial charge in [0.15, 0.2) is 11.6 Å². The molecule has 142 valence electrons. The van der Waals surface area contributed by atoms with E-state index in [4.69, 9.17) is 4.98 Å². The summed E-state index contributed by atoms with van der Waals surface area (Å²) in [5.74, 6) is 1.35. The summed E-state index contributed by atoms with van der Waals surface area (Å²) in [7, 11) is 0. The van der Waals surface area contributed by atoms with Gasteiger partial charge in [-0.2, -0.15) is 0 Å². The van der Waals surface area contributed by atoms with E-state index in [2.05, 4.69) is 70.6 Å². The van der Waals surface area contributed by atoms with Crippen molar-refractivity contribution >= 4 is 0 Å². The minimum Gasteiger partial charge on any atom is -0.217 e. The van der Waals surface area contributed by atoms with Crippen molar-refractivity contribution in [3.05, 3.63) is 116 Å². The van der Waals surface area contributed by atoms with E-state index in [-0.39, 0.29) is 0 Å². The van der Waals surface area contributed by atoms with Gasteiger partial charge in [-0.1, -0.05) is 109 Å². The molecule has 0 N–H and O–H groups in total. The summed E-state index contributed by atoms with van der Waals surface area (Å²) < 4.78 is 0. The Bertz CT molecular complexity index is 1260. The molecule has 0 aliphatic rings. The first kappa shape index (κ1) is 18.0. The maximum Gasteiger partial charge on any atom is 0.163 e. The van der Waals surface area contributed by atoms with Gasteiger partial charge in [0, 0.05) is 11.1 Å². The van der Waals surface area contributed by atoms with Gasteiger partial charge in [0.25, 0.3) is 0 Å². The van der Waals surface area contributed by atoms with Crippen molar-refractivity contribution in [2.75, 3.05) is 0 Å². The highest BCUT2D eigenvalue weighted by molar-refractivity contribution is 5.82. The lowest BCUT2D eigenvalue weighted by Crippen LogP contribution is -1.96. The molecular weight excluding hydrogens is 366 g/mol. The standard InChI is InChI=1S/C27H19N3/c1-3-9-20(10-4-1)21-15-17-22(18-16-21)24-13-7-8-14-25(24)27-29-19-28-26(30-27)23-11-5-2-6-12-23/h1-19H. The van der Waals surface area contributed by atoms with E-state index < -0.39 is 0 Å². The molecule has 1 heterocycles. The third-order valence-corrected chi connectivity index (χ3v) is 5.07. The van der Waals surface area contributed by atoms with Gasteiger partial charge in [0.1, 0.15) is 6.33 Å². The van der Waals surface area contributed by atoms with Gasteiger partial charge in [0.05, 0.1) is 0 Å². The van der Waals surface area contributed by atoms with E-state index in [1.165, 1.54) is 11.1 Å².